The highest BCUT2D eigenvalue weighted by Gasteiger charge is 2.37. The van der Waals surface area contributed by atoms with E-state index in [9.17, 15) is 19.5 Å². The average molecular weight is 462 g/mol. The van der Waals surface area contributed by atoms with E-state index < -0.39 is 35.6 Å². The number of nitrogens with one attached hydrogen (secondary N) is 2. The van der Waals surface area contributed by atoms with E-state index in [0.29, 0.717) is 12.0 Å². The molecule has 0 aliphatic heterocycles. The zero-order valence-corrected chi connectivity index (χ0v) is 20.8. The maximum Gasteiger partial charge on any atom is 0.408 e. The second-order valence-corrected chi connectivity index (χ2v) is 9.45. The molecule has 1 rings (SSSR count). The first-order valence-corrected chi connectivity index (χ1v) is 11.3. The normalized spacial score (nSPS) is 14.1. The lowest BCUT2D eigenvalue weighted by atomic mass is 9.95. The summed E-state index contributed by atoms with van der Waals surface area (Å²) in [5.41, 5.74) is -0.279. The van der Waals surface area contributed by atoms with Crippen molar-refractivity contribution < 1.29 is 24.2 Å². The van der Waals surface area contributed by atoms with Crippen LogP contribution in [0.4, 0.5) is 4.79 Å². The van der Waals surface area contributed by atoms with E-state index in [2.05, 4.69) is 17.2 Å². The Morgan fingerprint density at radius 1 is 1.18 bits per heavy atom. The molecule has 8 heteroatoms. The van der Waals surface area contributed by atoms with E-state index in [4.69, 9.17) is 4.74 Å². The van der Waals surface area contributed by atoms with E-state index in [-0.39, 0.29) is 24.3 Å². The molecule has 0 fully saturated rings. The topological polar surface area (TPSA) is 108 Å². The van der Waals surface area contributed by atoms with Gasteiger partial charge in [0.2, 0.25) is 11.8 Å². The molecule has 0 bridgehead atoms. The molecule has 0 radical (unpaired) electrons. The molecule has 0 heterocycles. The van der Waals surface area contributed by atoms with Gasteiger partial charge in [-0.1, -0.05) is 38.5 Å². The van der Waals surface area contributed by atoms with Crippen molar-refractivity contribution >= 4 is 17.9 Å². The maximum absolute atomic E-state index is 13.8. The summed E-state index contributed by atoms with van der Waals surface area (Å²) in [6, 6.07) is 4.12. The minimum atomic E-state index is -1.03. The van der Waals surface area contributed by atoms with Gasteiger partial charge in [0.25, 0.3) is 0 Å². The quantitative estimate of drug-likeness (QED) is 0.458. The van der Waals surface area contributed by atoms with Crippen molar-refractivity contribution in [1.29, 1.82) is 0 Å². The van der Waals surface area contributed by atoms with Crippen LogP contribution in [0.25, 0.3) is 0 Å². The molecular weight excluding hydrogens is 422 g/mol. The summed E-state index contributed by atoms with van der Waals surface area (Å²) in [4.78, 5) is 40.9. The largest absolute Gasteiger partial charge is 0.508 e. The lowest BCUT2D eigenvalue weighted by Gasteiger charge is -2.35. The van der Waals surface area contributed by atoms with Gasteiger partial charge >= 0.3 is 6.09 Å². The first kappa shape index (κ1) is 28.0. The van der Waals surface area contributed by atoms with Crippen molar-refractivity contribution in [2.75, 3.05) is 6.54 Å². The molecule has 0 aliphatic carbocycles. The van der Waals surface area contributed by atoms with Crippen LogP contribution in [0.2, 0.25) is 0 Å². The average Bonchev–Trinajstić information content (AvgIpc) is 2.68. The first-order valence-electron chi connectivity index (χ1n) is 11.3. The Labute approximate surface area is 197 Å². The minimum Gasteiger partial charge on any atom is -0.508 e. The molecule has 3 atom stereocenters. The van der Waals surface area contributed by atoms with Crippen LogP contribution in [0.3, 0.4) is 0 Å². The highest BCUT2D eigenvalue weighted by molar-refractivity contribution is 5.92. The van der Waals surface area contributed by atoms with Crippen molar-refractivity contribution in [3.63, 3.8) is 0 Å². The number of carbonyl (C=O) groups is 3. The molecular formula is C25H39N3O5. The second-order valence-electron chi connectivity index (χ2n) is 9.45. The van der Waals surface area contributed by atoms with Gasteiger partial charge in [0.05, 0.1) is 0 Å². The Morgan fingerprint density at radius 3 is 2.30 bits per heavy atom. The summed E-state index contributed by atoms with van der Waals surface area (Å²) in [6.07, 6.45) is 1.43. The van der Waals surface area contributed by atoms with Crippen molar-refractivity contribution in [1.82, 2.24) is 15.5 Å². The van der Waals surface area contributed by atoms with Gasteiger partial charge in [-0.2, -0.15) is 0 Å². The van der Waals surface area contributed by atoms with Gasteiger partial charge in [0.15, 0.2) is 0 Å². The summed E-state index contributed by atoms with van der Waals surface area (Å²) < 4.78 is 5.36. The van der Waals surface area contributed by atoms with Crippen molar-refractivity contribution in [2.24, 2.45) is 5.92 Å². The van der Waals surface area contributed by atoms with E-state index in [0.717, 1.165) is 0 Å². The Kier molecular flexibility index (Phi) is 10.4. The number of nitrogens with zero attached hydrogens (tertiary/aromatic N) is 1. The van der Waals surface area contributed by atoms with Crippen LogP contribution in [0.1, 0.15) is 66.5 Å². The number of amides is 3. The lowest BCUT2D eigenvalue weighted by molar-refractivity contribution is -0.143. The molecule has 3 unspecified atom stereocenters. The second kappa shape index (κ2) is 12.3. The summed E-state index contributed by atoms with van der Waals surface area (Å²) in [6.45, 7) is 16.4. The number of alkyl carbamates (subject to hydrolysis) is 1. The van der Waals surface area contributed by atoms with E-state index >= 15 is 0 Å². The molecule has 1 aromatic carbocycles. The monoisotopic (exact) mass is 461 g/mol. The molecule has 1 aromatic rings. The third-order valence-electron chi connectivity index (χ3n) is 4.94. The van der Waals surface area contributed by atoms with Gasteiger partial charge in [-0.3, -0.25) is 9.59 Å². The Morgan fingerprint density at radius 2 is 1.82 bits per heavy atom. The van der Waals surface area contributed by atoms with Crippen LogP contribution in [0.5, 0.6) is 5.75 Å². The number of hydrogen-bond donors (Lipinski definition) is 3. The van der Waals surface area contributed by atoms with Crippen molar-refractivity contribution in [3.8, 4) is 5.75 Å². The summed E-state index contributed by atoms with van der Waals surface area (Å²) >= 11 is 0. The third-order valence-corrected chi connectivity index (χ3v) is 4.94. The summed E-state index contributed by atoms with van der Waals surface area (Å²) in [5, 5.41) is 15.5. The lowest BCUT2D eigenvalue weighted by Crippen LogP contribution is -2.55. The SMILES string of the molecule is C=CCN(C(=O)C(NC(=O)OC(C)(C)C)C(C)CC)C(C(=O)NC(C)C)c1cccc(O)c1. The van der Waals surface area contributed by atoms with Gasteiger partial charge in [0, 0.05) is 12.6 Å². The number of benzene rings is 1. The van der Waals surface area contributed by atoms with Gasteiger partial charge < -0.3 is 25.4 Å². The fourth-order valence-electron chi connectivity index (χ4n) is 3.29. The van der Waals surface area contributed by atoms with Crippen LogP contribution >= 0.6 is 0 Å². The highest BCUT2D eigenvalue weighted by Crippen LogP contribution is 2.27. The van der Waals surface area contributed by atoms with Crippen molar-refractivity contribution in [3.05, 3.63) is 42.5 Å². The number of hydrogen-bond acceptors (Lipinski definition) is 5. The molecule has 0 saturated heterocycles. The van der Waals surface area contributed by atoms with E-state index in [1.807, 2.05) is 27.7 Å². The highest BCUT2D eigenvalue weighted by atomic mass is 16.6. The zero-order valence-electron chi connectivity index (χ0n) is 20.8. The number of carbonyl (C=O) groups excluding carboxylic acids is 3. The van der Waals surface area contributed by atoms with Crippen LogP contribution in [0.15, 0.2) is 36.9 Å². The Hall–Kier alpha value is -3.03. The van der Waals surface area contributed by atoms with Gasteiger partial charge in [-0.05, 0) is 58.2 Å². The zero-order chi connectivity index (χ0) is 25.3. The molecule has 0 aromatic heterocycles. The molecule has 8 nitrogen and oxygen atoms in total. The fourth-order valence-corrected chi connectivity index (χ4v) is 3.29. The van der Waals surface area contributed by atoms with Crippen LogP contribution in [-0.4, -0.2) is 52.1 Å². The Balaban J connectivity index is 3.45. The molecule has 0 spiro atoms. The standard InChI is InChI=1S/C25H39N3O5/c1-9-14-28(21(22(30)26-16(3)4)18-12-11-13-19(29)15-18)23(31)20(17(5)10-2)27-24(32)33-25(6,7)8/h9,11-13,15-17,20-21,29H,1,10,14H2,2-8H3,(H,26,30)(H,27,32). The van der Waals surface area contributed by atoms with Crippen LogP contribution in [-0.2, 0) is 14.3 Å². The van der Waals surface area contributed by atoms with Crippen molar-refractivity contribution in [2.45, 2.75) is 78.6 Å². The van der Waals surface area contributed by atoms with Crippen LogP contribution in [0, 0.1) is 5.92 Å². The van der Waals surface area contributed by atoms with Crippen LogP contribution < -0.4 is 10.6 Å². The number of phenolic OH excluding ortho intramolecular Hbond substituents is 1. The molecule has 3 N–H and O–H groups in total. The predicted octanol–water partition coefficient (Wildman–Crippen LogP) is 3.91. The molecule has 0 aliphatic rings. The van der Waals surface area contributed by atoms with Gasteiger partial charge in [0.1, 0.15) is 23.4 Å². The number of phenols is 1. The molecule has 3 amide bonds. The van der Waals surface area contributed by atoms with E-state index in [1.54, 1.807) is 32.9 Å². The number of rotatable bonds is 10. The molecule has 33 heavy (non-hydrogen) atoms. The molecule has 184 valence electrons. The van der Waals surface area contributed by atoms with E-state index in [1.165, 1.54) is 23.1 Å². The smallest absolute Gasteiger partial charge is 0.408 e. The minimum absolute atomic E-state index is 0.0220. The fraction of sp³-hybridized carbons (Fsp3) is 0.560. The Bertz CT molecular complexity index is 832. The maximum atomic E-state index is 13.8. The summed E-state index contributed by atoms with van der Waals surface area (Å²) in [7, 11) is 0. The van der Waals surface area contributed by atoms with Gasteiger partial charge in [-0.15, -0.1) is 6.58 Å². The van der Waals surface area contributed by atoms with Gasteiger partial charge in [-0.25, -0.2) is 4.79 Å². The molecule has 0 saturated carbocycles. The first-order chi connectivity index (χ1) is 15.3. The number of aromatic hydroxyl groups is 1. The predicted molar refractivity (Wildman–Crippen MR) is 129 cm³/mol. The number of ether oxygens (including phenoxy) is 1. The third kappa shape index (κ3) is 8.79. The summed E-state index contributed by atoms with van der Waals surface area (Å²) in [5.74, 6) is -1.09.